The van der Waals surface area contributed by atoms with E-state index in [-0.39, 0.29) is 11.9 Å². The molecule has 0 bridgehead atoms. The van der Waals surface area contributed by atoms with Crippen LogP contribution in [0.15, 0.2) is 61.2 Å². The van der Waals surface area contributed by atoms with Gasteiger partial charge in [0.1, 0.15) is 0 Å². The van der Waals surface area contributed by atoms with Gasteiger partial charge in [0.15, 0.2) is 0 Å². The summed E-state index contributed by atoms with van der Waals surface area (Å²) in [6, 6.07) is 10.0. The van der Waals surface area contributed by atoms with Gasteiger partial charge in [0.05, 0.1) is 13.2 Å². The van der Waals surface area contributed by atoms with E-state index in [0.717, 1.165) is 12.8 Å². The third-order valence-electron chi connectivity index (χ3n) is 4.27. The van der Waals surface area contributed by atoms with Gasteiger partial charge in [-0.25, -0.2) is 9.59 Å². The summed E-state index contributed by atoms with van der Waals surface area (Å²) in [6.45, 7) is 23.3. The predicted octanol–water partition coefficient (Wildman–Crippen LogP) is 7.41. The summed E-state index contributed by atoms with van der Waals surface area (Å²) in [6.07, 6.45) is 6.47. The fraction of sp³-hybridized carbons (Fsp3) is 0.500. The Morgan fingerprint density at radius 1 is 0.938 bits per heavy atom. The molecule has 1 aromatic rings. The molecule has 4 heteroatoms. The van der Waals surface area contributed by atoms with Crippen LogP contribution < -0.4 is 0 Å². The second kappa shape index (κ2) is 20.3. The lowest BCUT2D eigenvalue weighted by Gasteiger charge is -2.14. The van der Waals surface area contributed by atoms with E-state index in [0.29, 0.717) is 36.2 Å². The molecule has 32 heavy (non-hydrogen) atoms. The minimum absolute atomic E-state index is 0.264. The highest BCUT2D eigenvalue weighted by Gasteiger charge is 2.09. The lowest BCUT2D eigenvalue weighted by atomic mass is 10.0. The number of esters is 2. The van der Waals surface area contributed by atoms with Crippen LogP contribution in [0.3, 0.4) is 0 Å². The van der Waals surface area contributed by atoms with Crippen LogP contribution in [0.1, 0.15) is 72.8 Å². The van der Waals surface area contributed by atoms with Gasteiger partial charge in [0.2, 0.25) is 0 Å². The van der Waals surface area contributed by atoms with Crippen LogP contribution in [0.5, 0.6) is 0 Å². The van der Waals surface area contributed by atoms with Crippen LogP contribution >= 0.6 is 0 Å². The largest absolute Gasteiger partial charge is 0.462 e. The van der Waals surface area contributed by atoms with Gasteiger partial charge in [-0.1, -0.05) is 103 Å². The Morgan fingerprint density at radius 2 is 1.44 bits per heavy atom. The Hall–Kier alpha value is -2.62. The summed E-state index contributed by atoms with van der Waals surface area (Å²) in [7, 11) is 0. The molecule has 0 aliphatic rings. The fourth-order valence-corrected chi connectivity index (χ4v) is 2.17. The van der Waals surface area contributed by atoms with Gasteiger partial charge in [-0.2, -0.15) is 0 Å². The molecule has 0 aromatic heterocycles. The highest BCUT2D eigenvalue weighted by Crippen LogP contribution is 2.13. The Bertz CT molecular complexity index is 674. The SMILES string of the molecule is C=C(C)C(=O)OCC(C)C.C=C(C)C(=O)OCC(CC)CCCC.C=Cc1ccccc1. The quantitative estimate of drug-likeness (QED) is 0.263. The first-order valence-electron chi connectivity index (χ1n) is 11.4. The summed E-state index contributed by atoms with van der Waals surface area (Å²) in [5, 5.41) is 0. The van der Waals surface area contributed by atoms with Gasteiger partial charge in [0, 0.05) is 11.1 Å². The third-order valence-corrected chi connectivity index (χ3v) is 4.27. The number of rotatable bonds is 11. The second-order valence-electron chi connectivity index (χ2n) is 8.18. The van der Waals surface area contributed by atoms with Gasteiger partial charge in [-0.15, -0.1) is 0 Å². The van der Waals surface area contributed by atoms with Gasteiger partial charge in [-0.05, 0) is 37.7 Å². The molecule has 0 saturated carbocycles. The van der Waals surface area contributed by atoms with Crippen molar-refractivity contribution in [3.63, 3.8) is 0 Å². The smallest absolute Gasteiger partial charge is 0.333 e. The molecule has 1 rings (SSSR count). The molecule has 0 saturated heterocycles. The Morgan fingerprint density at radius 3 is 1.78 bits per heavy atom. The fourth-order valence-electron chi connectivity index (χ4n) is 2.17. The normalized spacial score (nSPS) is 10.5. The van der Waals surface area contributed by atoms with Gasteiger partial charge in [-0.3, -0.25) is 0 Å². The minimum atomic E-state index is -0.297. The van der Waals surface area contributed by atoms with Crippen LogP contribution in [0, 0.1) is 11.8 Å². The monoisotopic (exact) mass is 444 g/mol. The maximum absolute atomic E-state index is 11.1. The van der Waals surface area contributed by atoms with Crippen LogP contribution in [-0.2, 0) is 19.1 Å². The molecule has 4 nitrogen and oxygen atoms in total. The molecule has 0 radical (unpaired) electrons. The minimum Gasteiger partial charge on any atom is -0.462 e. The van der Waals surface area contributed by atoms with Crippen molar-refractivity contribution in [2.75, 3.05) is 13.2 Å². The standard InChI is InChI=1S/C12H22O2.C8H14O2.C8H8/c1-5-7-8-11(6-2)9-14-12(13)10(3)4;1-6(2)5-10-8(9)7(3)4;1-2-8-6-4-3-5-7-8/h11H,3,5-9H2,1-2,4H3;6H,3,5H2,1-2,4H3;2-7H,1H2. The van der Waals surface area contributed by atoms with Crippen molar-refractivity contribution in [3.8, 4) is 0 Å². The Labute approximate surface area is 196 Å². The number of carbonyl (C=O) groups is 2. The first kappa shape index (κ1) is 31.6. The van der Waals surface area contributed by atoms with Crippen molar-refractivity contribution in [2.45, 2.75) is 67.2 Å². The van der Waals surface area contributed by atoms with Crippen molar-refractivity contribution in [2.24, 2.45) is 11.8 Å². The topological polar surface area (TPSA) is 52.6 Å². The van der Waals surface area contributed by atoms with E-state index in [1.54, 1.807) is 13.8 Å². The number of unbranched alkanes of at least 4 members (excludes halogenated alkanes) is 1. The molecule has 0 N–H and O–H groups in total. The van der Waals surface area contributed by atoms with E-state index in [2.05, 4.69) is 33.6 Å². The highest BCUT2D eigenvalue weighted by molar-refractivity contribution is 5.87. The Kier molecular flexibility index (Phi) is 20.0. The van der Waals surface area contributed by atoms with Crippen LogP contribution in [-0.4, -0.2) is 25.2 Å². The maximum Gasteiger partial charge on any atom is 0.333 e. The van der Waals surface area contributed by atoms with Crippen molar-refractivity contribution in [1.82, 2.24) is 0 Å². The molecular weight excluding hydrogens is 400 g/mol. The van der Waals surface area contributed by atoms with Gasteiger partial charge < -0.3 is 9.47 Å². The summed E-state index contributed by atoms with van der Waals surface area (Å²) in [4.78, 5) is 21.8. The van der Waals surface area contributed by atoms with Crippen molar-refractivity contribution >= 4 is 18.0 Å². The zero-order chi connectivity index (χ0) is 24.9. The lowest BCUT2D eigenvalue weighted by Crippen LogP contribution is -2.14. The first-order chi connectivity index (χ1) is 15.1. The molecule has 0 aliphatic heterocycles. The second-order valence-corrected chi connectivity index (χ2v) is 8.18. The van der Waals surface area contributed by atoms with Crippen molar-refractivity contribution in [3.05, 3.63) is 66.8 Å². The molecule has 0 amide bonds. The summed E-state index contributed by atoms with van der Waals surface area (Å²) in [5.41, 5.74) is 2.11. The van der Waals surface area contributed by atoms with E-state index >= 15 is 0 Å². The van der Waals surface area contributed by atoms with E-state index in [1.807, 2.05) is 50.3 Å². The van der Waals surface area contributed by atoms with Crippen molar-refractivity contribution < 1.29 is 19.1 Å². The van der Waals surface area contributed by atoms with E-state index in [1.165, 1.54) is 18.4 Å². The van der Waals surface area contributed by atoms with Crippen molar-refractivity contribution in [1.29, 1.82) is 0 Å². The van der Waals surface area contributed by atoms with E-state index in [9.17, 15) is 9.59 Å². The molecule has 1 atom stereocenters. The summed E-state index contributed by atoms with van der Waals surface area (Å²) in [5.74, 6) is 0.343. The van der Waals surface area contributed by atoms with Crippen LogP contribution in [0.2, 0.25) is 0 Å². The molecule has 0 spiro atoms. The zero-order valence-electron chi connectivity index (χ0n) is 21.1. The molecular formula is C28H44O4. The molecule has 0 heterocycles. The molecule has 0 fully saturated rings. The summed E-state index contributed by atoms with van der Waals surface area (Å²) < 4.78 is 9.94. The number of hydrogen-bond acceptors (Lipinski definition) is 4. The average molecular weight is 445 g/mol. The maximum atomic E-state index is 11.1. The Balaban J connectivity index is 0. The van der Waals surface area contributed by atoms with Gasteiger partial charge in [0.25, 0.3) is 0 Å². The van der Waals surface area contributed by atoms with E-state index in [4.69, 9.17) is 9.47 Å². The van der Waals surface area contributed by atoms with Crippen LogP contribution in [0.25, 0.3) is 6.08 Å². The summed E-state index contributed by atoms with van der Waals surface area (Å²) >= 11 is 0. The van der Waals surface area contributed by atoms with E-state index < -0.39 is 0 Å². The number of benzene rings is 1. The zero-order valence-corrected chi connectivity index (χ0v) is 21.1. The number of hydrogen-bond donors (Lipinski definition) is 0. The lowest BCUT2D eigenvalue weighted by molar-refractivity contribution is -0.141. The number of carbonyl (C=O) groups excluding carboxylic acids is 2. The van der Waals surface area contributed by atoms with Gasteiger partial charge >= 0.3 is 11.9 Å². The highest BCUT2D eigenvalue weighted by atomic mass is 16.5. The number of ether oxygens (including phenoxy) is 2. The molecule has 1 aromatic carbocycles. The average Bonchev–Trinajstić information content (AvgIpc) is 2.78. The third kappa shape index (κ3) is 19.3. The molecule has 0 aliphatic carbocycles. The first-order valence-corrected chi connectivity index (χ1v) is 11.4. The predicted molar refractivity (Wildman–Crippen MR) is 136 cm³/mol. The van der Waals surface area contributed by atoms with Crippen LogP contribution in [0.4, 0.5) is 0 Å². The molecule has 180 valence electrons. The molecule has 1 unspecified atom stereocenters.